The van der Waals surface area contributed by atoms with Gasteiger partial charge in [-0.15, -0.1) is 0 Å². The Kier molecular flexibility index (Phi) is 1.08. The molecule has 2 rings (SSSR count). The lowest BCUT2D eigenvalue weighted by atomic mass is 10.1. The minimum Gasteiger partial charge on any atom is -0.310 e. The van der Waals surface area contributed by atoms with Crippen molar-refractivity contribution in [2.75, 3.05) is 7.05 Å². The molecule has 0 amide bonds. The third-order valence-corrected chi connectivity index (χ3v) is 2.28. The monoisotopic (exact) mass is 137 g/mol. The smallest absolute Gasteiger partial charge is 0.0537 e. The fourth-order valence-electron chi connectivity index (χ4n) is 1.32. The van der Waals surface area contributed by atoms with Crippen LogP contribution in [0.3, 0.4) is 0 Å². The molecule has 2 N–H and O–H groups in total. The van der Waals surface area contributed by atoms with Crippen molar-refractivity contribution in [1.82, 2.24) is 15.5 Å². The number of aromatic nitrogens is 2. The zero-order chi connectivity index (χ0) is 7.03. The molecular formula is C7H11N3. The third kappa shape index (κ3) is 0.671. The van der Waals surface area contributed by atoms with Crippen LogP contribution in [0.25, 0.3) is 0 Å². The summed E-state index contributed by atoms with van der Waals surface area (Å²) in [5, 5.41) is 10.0. The first kappa shape index (κ1) is 5.92. The molecule has 54 valence electrons. The Hall–Kier alpha value is -0.830. The maximum Gasteiger partial charge on any atom is 0.0537 e. The molecule has 0 atom stereocenters. The van der Waals surface area contributed by atoms with Crippen LogP contribution in [-0.2, 0) is 5.54 Å². The van der Waals surface area contributed by atoms with Crippen LogP contribution < -0.4 is 5.32 Å². The van der Waals surface area contributed by atoms with Gasteiger partial charge in [0.25, 0.3) is 0 Å². The maximum atomic E-state index is 3.91. The van der Waals surface area contributed by atoms with Gasteiger partial charge < -0.3 is 5.32 Å². The molecule has 10 heavy (non-hydrogen) atoms. The van der Waals surface area contributed by atoms with Gasteiger partial charge in [0.05, 0.1) is 6.20 Å². The van der Waals surface area contributed by atoms with Gasteiger partial charge in [0.15, 0.2) is 0 Å². The molecule has 1 fully saturated rings. The topological polar surface area (TPSA) is 40.7 Å². The van der Waals surface area contributed by atoms with E-state index in [0.29, 0.717) is 0 Å². The number of nitrogens with one attached hydrogen (secondary N) is 2. The summed E-state index contributed by atoms with van der Waals surface area (Å²) in [6.07, 6.45) is 6.33. The lowest BCUT2D eigenvalue weighted by Gasteiger charge is -2.09. The van der Waals surface area contributed by atoms with E-state index in [1.54, 1.807) is 0 Å². The molecule has 3 heteroatoms. The van der Waals surface area contributed by atoms with Crippen molar-refractivity contribution in [2.24, 2.45) is 0 Å². The number of aromatic amines is 1. The summed E-state index contributed by atoms with van der Waals surface area (Å²) < 4.78 is 0. The third-order valence-electron chi connectivity index (χ3n) is 2.28. The summed E-state index contributed by atoms with van der Waals surface area (Å²) in [6, 6.07) is 0. The van der Waals surface area contributed by atoms with Gasteiger partial charge in [0.2, 0.25) is 0 Å². The molecule has 0 aliphatic heterocycles. The number of rotatable bonds is 2. The quantitative estimate of drug-likeness (QED) is 0.627. The molecule has 1 aliphatic carbocycles. The van der Waals surface area contributed by atoms with E-state index in [2.05, 4.69) is 15.5 Å². The molecule has 0 unspecified atom stereocenters. The van der Waals surface area contributed by atoms with Crippen molar-refractivity contribution in [1.29, 1.82) is 0 Å². The van der Waals surface area contributed by atoms with Crippen molar-refractivity contribution in [3.05, 3.63) is 18.0 Å². The normalized spacial score (nSPS) is 20.9. The molecule has 1 aromatic heterocycles. The Labute approximate surface area is 59.8 Å². The molecule has 1 heterocycles. The predicted octanol–water partition coefficient (Wildman–Crippen LogP) is 0.618. The summed E-state index contributed by atoms with van der Waals surface area (Å²) in [5.41, 5.74) is 1.56. The average Bonchev–Trinajstić information content (AvgIpc) is 2.58. The maximum absolute atomic E-state index is 3.91. The van der Waals surface area contributed by atoms with Crippen LogP contribution in [-0.4, -0.2) is 17.2 Å². The lowest BCUT2D eigenvalue weighted by Crippen LogP contribution is -2.23. The minimum absolute atomic E-state index is 0.271. The second-order valence-corrected chi connectivity index (χ2v) is 2.82. The Morgan fingerprint density at radius 1 is 1.70 bits per heavy atom. The first-order valence-electron chi connectivity index (χ1n) is 3.55. The molecule has 0 radical (unpaired) electrons. The van der Waals surface area contributed by atoms with E-state index in [0.717, 1.165) is 0 Å². The molecule has 0 spiro atoms. The van der Waals surface area contributed by atoms with Crippen molar-refractivity contribution in [3.63, 3.8) is 0 Å². The van der Waals surface area contributed by atoms with E-state index < -0.39 is 0 Å². The van der Waals surface area contributed by atoms with Gasteiger partial charge in [-0.05, 0) is 19.9 Å². The van der Waals surface area contributed by atoms with Crippen LogP contribution in [0.1, 0.15) is 18.4 Å². The molecule has 0 saturated heterocycles. The van der Waals surface area contributed by atoms with E-state index >= 15 is 0 Å². The molecule has 1 saturated carbocycles. The highest BCUT2D eigenvalue weighted by Gasteiger charge is 2.43. The van der Waals surface area contributed by atoms with E-state index in [1.165, 1.54) is 18.4 Å². The van der Waals surface area contributed by atoms with Crippen LogP contribution in [0.5, 0.6) is 0 Å². The van der Waals surface area contributed by atoms with Gasteiger partial charge >= 0.3 is 0 Å². The first-order valence-corrected chi connectivity index (χ1v) is 3.55. The largest absolute Gasteiger partial charge is 0.310 e. The molecule has 0 aromatic carbocycles. The van der Waals surface area contributed by atoms with Gasteiger partial charge in [-0.3, -0.25) is 5.10 Å². The molecule has 3 nitrogen and oxygen atoms in total. The summed E-state index contributed by atoms with van der Waals surface area (Å²) >= 11 is 0. The zero-order valence-corrected chi connectivity index (χ0v) is 6.02. The summed E-state index contributed by atoms with van der Waals surface area (Å²) in [7, 11) is 2.00. The number of hydrogen-bond acceptors (Lipinski definition) is 2. The summed E-state index contributed by atoms with van der Waals surface area (Å²) in [6.45, 7) is 0. The van der Waals surface area contributed by atoms with Gasteiger partial charge in [-0.25, -0.2) is 0 Å². The zero-order valence-electron chi connectivity index (χ0n) is 6.02. The molecule has 1 aliphatic rings. The van der Waals surface area contributed by atoms with E-state index in [-0.39, 0.29) is 5.54 Å². The van der Waals surface area contributed by atoms with Crippen molar-refractivity contribution < 1.29 is 0 Å². The first-order chi connectivity index (χ1) is 4.87. The minimum atomic E-state index is 0.271. The van der Waals surface area contributed by atoms with Crippen molar-refractivity contribution in [3.8, 4) is 0 Å². The van der Waals surface area contributed by atoms with Crippen LogP contribution in [0.4, 0.5) is 0 Å². The summed E-state index contributed by atoms with van der Waals surface area (Å²) in [4.78, 5) is 0. The van der Waals surface area contributed by atoms with Gasteiger partial charge in [0.1, 0.15) is 0 Å². The van der Waals surface area contributed by atoms with Crippen molar-refractivity contribution >= 4 is 0 Å². The van der Waals surface area contributed by atoms with Crippen LogP contribution >= 0.6 is 0 Å². The van der Waals surface area contributed by atoms with Gasteiger partial charge in [0, 0.05) is 17.3 Å². The average molecular weight is 137 g/mol. The Balaban J connectivity index is 2.27. The van der Waals surface area contributed by atoms with E-state index in [1.807, 2.05) is 19.4 Å². The molecular weight excluding hydrogens is 126 g/mol. The fourth-order valence-corrected chi connectivity index (χ4v) is 1.32. The van der Waals surface area contributed by atoms with Crippen LogP contribution in [0.15, 0.2) is 12.4 Å². The van der Waals surface area contributed by atoms with Gasteiger partial charge in [-0.1, -0.05) is 0 Å². The van der Waals surface area contributed by atoms with E-state index in [4.69, 9.17) is 0 Å². The van der Waals surface area contributed by atoms with Gasteiger partial charge in [-0.2, -0.15) is 5.10 Å². The number of H-pyrrole nitrogens is 1. The number of nitrogens with zero attached hydrogens (tertiary/aromatic N) is 1. The highest BCUT2D eigenvalue weighted by atomic mass is 15.1. The highest BCUT2D eigenvalue weighted by molar-refractivity contribution is 5.24. The van der Waals surface area contributed by atoms with Crippen LogP contribution in [0.2, 0.25) is 0 Å². The molecule has 1 aromatic rings. The van der Waals surface area contributed by atoms with Crippen molar-refractivity contribution in [2.45, 2.75) is 18.4 Å². The standard InChI is InChI=1S/C7H11N3/c1-8-7(2-3-7)6-4-9-10-5-6/h4-5,8H,2-3H2,1H3,(H,9,10). The van der Waals surface area contributed by atoms with Crippen LogP contribution in [0, 0.1) is 0 Å². The SMILES string of the molecule is CNC1(c2cn[nH]c2)CC1. The predicted molar refractivity (Wildman–Crippen MR) is 38.6 cm³/mol. The second-order valence-electron chi connectivity index (χ2n) is 2.82. The Morgan fingerprint density at radius 2 is 2.50 bits per heavy atom. The lowest BCUT2D eigenvalue weighted by molar-refractivity contribution is 0.586. The number of hydrogen-bond donors (Lipinski definition) is 2. The molecule has 0 bridgehead atoms. The fraction of sp³-hybridized carbons (Fsp3) is 0.571. The van der Waals surface area contributed by atoms with E-state index in [9.17, 15) is 0 Å². The Bertz CT molecular complexity index is 211. The second kappa shape index (κ2) is 1.83. The Morgan fingerprint density at radius 3 is 2.90 bits per heavy atom. The summed E-state index contributed by atoms with van der Waals surface area (Å²) in [5.74, 6) is 0. The highest BCUT2D eigenvalue weighted by Crippen LogP contribution is 2.44.